The largest absolute Gasteiger partial charge is 0.478 e. The Labute approximate surface area is 172 Å². The first kappa shape index (κ1) is 26.3. The van der Waals surface area contributed by atoms with Crippen LogP contribution < -0.4 is 0 Å². The lowest BCUT2D eigenvalue weighted by atomic mass is 9.83. The van der Waals surface area contributed by atoms with Gasteiger partial charge in [0.1, 0.15) is 0 Å². The van der Waals surface area contributed by atoms with E-state index in [4.69, 9.17) is 10.2 Å². The molecule has 6 heteroatoms. The minimum Gasteiger partial charge on any atom is -0.478 e. The van der Waals surface area contributed by atoms with Crippen LogP contribution >= 0.6 is 0 Å². The number of hydrogen-bond donors (Lipinski definition) is 4. The maximum Gasteiger partial charge on any atom is 0.335 e. The van der Waals surface area contributed by atoms with Crippen molar-refractivity contribution in [1.29, 1.82) is 0 Å². The molecule has 0 aromatic heterocycles. The van der Waals surface area contributed by atoms with E-state index in [0.29, 0.717) is 24.0 Å². The molecular formula is C23H32O6. The van der Waals surface area contributed by atoms with Gasteiger partial charge in [0, 0.05) is 5.92 Å². The average molecular weight is 405 g/mol. The van der Waals surface area contributed by atoms with Crippen molar-refractivity contribution in [2.75, 3.05) is 0 Å². The van der Waals surface area contributed by atoms with Gasteiger partial charge in [-0.2, -0.15) is 0 Å². The molecule has 0 aliphatic carbocycles. The number of carboxylic acids is 2. The van der Waals surface area contributed by atoms with Crippen LogP contribution in [0.4, 0.5) is 0 Å². The Bertz CT molecular complexity index is 663. The third-order valence-electron chi connectivity index (χ3n) is 4.73. The maximum atomic E-state index is 10.2. The van der Waals surface area contributed by atoms with Crippen molar-refractivity contribution in [2.24, 2.45) is 5.92 Å². The number of carbonyl (C=O) groups is 2. The van der Waals surface area contributed by atoms with Gasteiger partial charge in [-0.3, -0.25) is 0 Å². The van der Waals surface area contributed by atoms with Crippen molar-refractivity contribution in [1.82, 2.24) is 0 Å². The number of aliphatic hydroxyl groups excluding tert-OH is 1. The van der Waals surface area contributed by atoms with Crippen LogP contribution in [0.2, 0.25) is 0 Å². The van der Waals surface area contributed by atoms with Crippen LogP contribution in [0.25, 0.3) is 0 Å². The molecule has 0 saturated carbocycles. The van der Waals surface area contributed by atoms with E-state index in [1.54, 1.807) is 67.6 Å². The maximum absolute atomic E-state index is 10.2. The SMILES string of the molecule is CCC(O)C(C)C(C)(O)CC.O=C(O)c1ccccc1.O=C(O)c1ccccc1. The number of aromatic carboxylic acids is 2. The predicted octanol–water partition coefficient (Wildman–Crippen LogP) is 4.32. The van der Waals surface area contributed by atoms with Crippen molar-refractivity contribution >= 4 is 11.9 Å². The second-order valence-corrected chi connectivity index (χ2v) is 6.82. The van der Waals surface area contributed by atoms with E-state index in [1.165, 1.54) is 0 Å². The van der Waals surface area contributed by atoms with Crippen molar-refractivity contribution in [3.63, 3.8) is 0 Å². The quantitative estimate of drug-likeness (QED) is 0.570. The topological polar surface area (TPSA) is 115 Å². The first-order chi connectivity index (χ1) is 13.6. The Balaban J connectivity index is 0.000000408. The van der Waals surface area contributed by atoms with Gasteiger partial charge in [-0.15, -0.1) is 0 Å². The number of aliphatic hydroxyl groups is 2. The monoisotopic (exact) mass is 404 g/mol. The summed E-state index contributed by atoms with van der Waals surface area (Å²) >= 11 is 0. The molecule has 0 aliphatic rings. The molecule has 2 aromatic rings. The van der Waals surface area contributed by atoms with Crippen LogP contribution in [-0.2, 0) is 0 Å². The lowest BCUT2D eigenvalue weighted by Crippen LogP contribution is -2.39. The Morgan fingerprint density at radius 1 is 0.862 bits per heavy atom. The highest BCUT2D eigenvalue weighted by Gasteiger charge is 2.30. The van der Waals surface area contributed by atoms with E-state index in [0.717, 1.165) is 0 Å². The third-order valence-corrected chi connectivity index (χ3v) is 4.73. The van der Waals surface area contributed by atoms with Gasteiger partial charge in [-0.1, -0.05) is 57.2 Å². The first-order valence-corrected chi connectivity index (χ1v) is 9.53. The third kappa shape index (κ3) is 10.4. The highest BCUT2D eigenvalue weighted by molar-refractivity contribution is 5.87. The van der Waals surface area contributed by atoms with Crippen molar-refractivity contribution in [3.8, 4) is 0 Å². The van der Waals surface area contributed by atoms with E-state index in [2.05, 4.69) is 0 Å². The van der Waals surface area contributed by atoms with E-state index in [1.807, 2.05) is 20.8 Å². The molecule has 3 unspecified atom stereocenters. The lowest BCUT2D eigenvalue weighted by Gasteiger charge is -2.32. The summed E-state index contributed by atoms with van der Waals surface area (Å²) in [5.74, 6) is -1.80. The van der Waals surface area contributed by atoms with Crippen molar-refractivity contribution < 1.29 is 30.0 Å². The van der Waals surface area contributed by atoms with Crippen LogP contribution in [0.5, 0.6) is 0 Å². The molecule has 3 atom stereocenters. The summed E-state index contributed by atoms with van der Waals surface area (Å²) in [4.78, 5) is 20.4. The lowest BCUT2D eigenvalue weighted by molar-refractivity contribution is -0.0539. The average Bonchev–Trinajstić information content (AvgIpc) is 2.74. The molecule has 29 heavy (non-hydrogen) atoms. The van der Waals surface area contributed by atoms with Crippen LogP contribution in [0.1, 0.15) is 61.3 Å². The Kier molecular flexibility index (Phi) is 12.2. The van der Waals surface area contributed by atoms with Crippen LogP contribution in [0.15, 0.2) is 60.7 Å². The van der Waals surface area contributed by atoms with Crippen LogP contribution in [0, 0.1) is 5.92 Å². The van der Waals surface area contributed by atoms with Gasteiger partial charge in [0.15, 0.2) is 0 Å². The van der Waals surface area contributed by atoms with Gasteiger partial charge in [0.05, 0.1) is 22.8 Å². The van der Waals surface area contributed by atoms with Gasteiger partial charge in [-0.25, -0.2) is 9.59 Å². The first-order valence-electron chi connectivity index (χ1n) is 9.53. The van der Waals surface area contributed by atoms with E-state index in [-0.39, 0.29) is 12.0 Å². The standard InChI is InChI=1S/C9H20O2.2C7H6O2/c1-5-8(10)7(3)9(4,11)6-2;2*8-7(9)6-4-2-1-3-5-6/h7-8,10-11H,5-6H2,1-4H3;2*1-5H,(H,8,9). The molecule has 0 radical (unpaired) electrons. The molecule has 0 spiro atoms. The van der Waals surface area contributed by atoms with E-state index < -0.39 is 17.5 Å². The van der Waals surface area contributed by atoms with E-state index in [9.17, 15) is 19.8 Å². The molecule has 0 heterocycles. The Hall–Kier alpha value is -2.70. The summed E-state index contributed by atoms with van der Waals surface area (Å²) in [5, 5.41) is 35.9. The number of rotatable bonds is 6. The van der Waals surface area contributed by atoms with Crippen LogP contribution in [0.3, 0.4) is 0 Å². The zero-order valence-electron chi connectivity index (χ0n) is 17.4. The van der Waals surface area contributed by atoms with Crippen LogP contribution in [-0.4, -0.2) is 44.1 Å². The van der Waals surface area contributed by atoms with E-state index >= 15 is 0 Å². The second-order valence-electron chi connectivity index (χ2n) is 6.82. The molecule has 6 nitrogen and oxygen atoms in total. The zero-order chi connectivity index (χ0) is 22.4. The zero-order valence-corrected chi connectivity index (χ0v) is 17.4. The molecule has 0 amide bonds. The molecule has 0 saturated heterocycles. The highest BCUT2D eigenvalue weighted by Crippen LogP contribution is 2.24. The Morgan fingerprint density at radius 3 is 1.41 bits per heavy atom. The Morgan fingerprint density at radius 2 is 1.21 bits per heavy atom. The number of hydrogen-bond acceptors (Lipinski definition) is 4. The fourth-order valence-electron chi connectivity index (χ4n) is 2.25. The van der Waals surface area contributed by atoms with Crippen molar-refractivity contribution in [3.05, 3.63) is 71.8 Å². The fraction of sp³-hybridized carbons (Fsp3) is 0.391. The van der Waals surface area contributed by atoms with Gasteiger partial charge < -0.3 is 20.4 Å². The van der Waals surface area contributed by atoms with Crippen molar-refractivity contribution in [2.45, 2.75) is 52.2 Å². The number of benzene rings is 2. The minimum absolute atomic E-state index is 0.0440. The molecule has 0 fully saturated rings. The molecule has 2 rings (SSSR count). The summed E-state index contributed by atoms with van der Waals surface area (Å²) in [6, 6.07) is 16.6. The molecule has 160 valence electrons. The molecule has 2 aromatic carbocycles. The minimum atomic E-state index is -0.879. The normalized spacial score (nSPS) is 14.0. The second kappa shape index (κ2) is 13.5. The highest BCUT2D eigenvalue weighted by atomic mass is 16.4. The smallest absolute Gasteiger partial charge is 0.335 e. The summed E-state index contributed by atoms with van der Waals surface area (Å²) < 4.78 is 0. The molecule has 4 N–H and O–H groups in total. The molecular weight excluding hydrogens is 372 g/mol. The summed E-state index contributed by atoms with van der Waals surface area (Å²) in [7, 11) is 0. The van der Waals surface area contributed by atoms with Gasteiger partial charge >= 0.3 is 11.9 Å². The summed E-state index contributed by atoms with van der Waals surface area (Å²) in [6.07, 6.45) is 1.01. The summed E-state index contributed by atoms with van der Waals surface area (Å²) in [6.45, 7) is 7.51. The molecule has 0 bridgehead atoms. The number of carboxylic acid groups (broad SMARTS) is 2. The van der Waals surface area contributed by atoms with Gasteiger partial charge in [0.25, 0.3) is 0 Å². The summed E-state index contributed by atoms with van der Waals surface area (Å²) in [5.41, 5.74) is -0.0647. The fourth-order valence-corrected chi connectivity index (χ4v) is 2.25. The van der Waals surface area contributed by atoms with Gasteiger partial charge in [-0.05, 0) is 44.0 Å². The van der Waals surface area contributed by atoms with Gasteiger partial charge in [0.2, 0.25) is 0 Å². The predicted molar refractivity (Wildman–Crippen MR) is 113 cm³/mol. The molecule has 0 aliphatic heterocycles.